The van der Waals surface area contributed by atoms with Gasteiger partial charge in [-0.1, -0.05) is 54.1 Å². The molecule has 27 heavy (non-hydrogen) atoms. The normalized spacial score (nSPS) is 15.1. The summed E-state index contributed by atoms with van der Waals surface area (Å²) in [7, 11) is 0. The van der Waals surface area contributed by atoms with Crippen molar-refractivity contribution in [2.24, 2.45) is 5.41 Å². The third-order valence-electron chi connectivity index (χ3n) is 4.84. The Morgan fingerprint density at radius 2 is 1.85 bits per heavy atom. The summed E-state index contributed by atoms with van der Waals surface area (Å²) in [4.78, 5) is 17.3. The number of H-pyrrole nitrogens is 1. The van der Waals surface area contributed by atoms with Crippen molar-refractivity contribution in [1.29, 1.82) is 0 Å². The standard InChI is InChI=1S/C20H20ClN5O/c21-16-8-6-14(7-9-16)10-20(12-22-13-20)19(27)23-11-17-24-18(26-25-17)15-4-2-1-3-5-15/h1-9,22H,10-13H2,(H,23,27)(H,24,25,26). The van der Waals surface area contributed by atoms with Gasteiger partial charge >= 0.3 is 0 Å². The minimum absolute atomic E-state index is 0.0221. The third kappa shape index (κ3) is 3.86. The molecule has 4 rings (SSSR count). The minimum Gasteiger partial charge on any atom is -0.348 e. The van der Waals surface area contributed by atoms with Crippen molar-refractivity contribution in [1.82, 2.24) is 25.8 Å². The molecule has 138 valence electrons. The highest BCUT2D eigenvalue weighted by Crippen LogP contribution is 2.28. The zero-order chi connectivity index (χ0) is 18.7. The first-order chi connectivity index (χ1) is 13.1. The van der Waals surface area contributed by atoms with E-state index in [-0.39, 0.29) is 5.91 Å². The van der Waals surface area contributed by atoms with Gasteiger partial charge in [0.05, 0.1) is 12.0 Å². The highest BCUT2D eigenvalue weighted by atomic mass is 35.5. The van der Waals surface area contributed by atoms with Crippen molar-refractivity contribution in [2.75, 3.05) is 13.1 Å². The van der Waals surface area contributed by atoms with Gasteiger partial charge in [-0.3, -0.25) is 9.89 Å². The number of amides is 1. The summed E-state index contributed by atoms with van der Waals surface area (Å²) < 4.78 is 0. The predicted molar refractivity (Wildman–Crippen MR) is 104 cm³/mol. The maximum Gasteiger partial charge on any atom is 0.229 e. The van der Waals surface area contributed by atoms with Gasteiger partial charge in [0.25, 0.3) is 0 Å². The van der Waals surface area contributed by atoms with Gasteiger partial charge in [-0.15, -0.1) is 0 Å². The molecule has 7 heteroatoms. The molecule has 0 bridgehead atoms. The van der Waals surface area contributed by atoms with E-state index in [0.29, 0.717) is 42.7 Å². The van der Waals surface area contributed by atoms with Crippen LogP contribution in [0.25, 0.3) is 11.4 Å². The smallest absolute Gasteiger partial charge is 0.229 e. The number of rotatable bonds is 6. The fraction of sp³-hybridized carbons (Fsp3) is 0.250. The number of halogens is 1. The number of nitrogens with one attached hydrogen (secondary N) is 3. The fourth-order valence-corrected chi connectivity index (χ4v) is 3.35. The highest BCUT2D eigenvalue weighted by molar-refractivity contribution is 6.30. The molecule has 3 N–H and O–H groups in total. The molecule has 1 amide bonds. The van der Waals surface area contributed by atoms with E-state index in [1.54, 1.807) is 0 Å². The van der Waals surface area contributed by atoms with Crippen LogP contribution >= 0.6 is 11.6 Å². The predicted octanol–water partition coefficient (Wildman–Crippen LogP) is 2.57. The Labute approximate surface area is 162 Å². The molecule has 2 aromatic carbocycles. The van der Waals surface area contributed by atoms with Crippen LogP contribution in [-0.4, -0.2) is 34.2 Å². The molecular formula is C20H20ClN5O. The zero-order valence-electron chi connectivity index (χ0n) is 14.7. The molecule has 0 atom stereocenters. The van der Waals surface area contributed by atoms with Gasteiger partial charge in [0.1, 0.15) is 5.82 Å². The molecule has 1 fully saturated rings. The van der Waals surface area contributed by atoms with E-state index >= 15 is 0 Å². The van der Waals surface area contributed by atoms with Gasteiger partial charge in [0.15, 0.2) is 5.82 Å². The number of benzene rings is 2. The second-order valence-corrected chi connectivity index (χ2v) is 7.28. The Morgan fingerprint density at radius 3 is 2.52 bits per heavy atom. The minimum atomic E-state index is -0.434. The topological polar surface area (TPSA) is 82.7 Å². The van der Waals surface area contributed by atoms with Crippen molar-refractivity contribution >= 4 is 17.5 Å². The summed E-state index contributed by atoms with van der Waals surface area (Å²) in [6.45, 7) is 1.64. The number of hydrogen-bond donors (Lipinski definition) is 3. The number of aromatic amines is 1. The molecule has 1 aliphatic rings. The van der Waals surface area contributed by atoms with Gasteiger partial charge in [-0.25, -0.2) is 4.98 Å². The molecule has 1 aliphatic heterocycles. The molecule has 0 aliphatic carbocycles. The van der Waals surface area contributed by atoms with Crippen LogP contribution in [-0.2, 0) is 17.8 Å². The Hall–Kier alpha value is -2.70. The number of carbonyl (C=O) groups excluding carboxylic acids is 1. The summed E-state index contributed by atoms with van der Waals surface area (Å²) in [5.74, 6) is 1.28. The van der Waals surface area contributed by atoms with Crippen molar-refractivity contribution in [2.45, 2.75) is 13.0 Å². The van der Waals surface area contributed by atoms with Gasteiger partial charge in [0, 0.05) is 23.7 Å². The Balaban J connectivity index is 1.39. The van der Waals surface area contributed by atoms with Crippen molar-refractivity contribution < 1.29 is 4.79 Å². The molecule has 0 unspecified atom stereocenters. The summed E-state index contributed by atoms with van der Waals surface area (Å²) in [6.07, 6.45) is 0.675. The molecule has 2 heterocycles. The molecule has 0 saturated carbocycles. The summed E-state index contributed by atoms with van der Waals surface area (Å²) in [6, 6.07) is 17.4. The SMILES string of the molecule is O=C(NCc1nc(-c2ccccc2)n[nH]1)C1(Cc2ccc(Cl)cc2)CNC1. The Morgan fingerprint density at radius 1 is 1.11 bits per heavy atom. The second kappa shape index (κ2) is 7.50. The molecule has 1 aromatic heterocycles. The molecule has 1 saturated heterocycles. The summed E-state index contributed by atoms with van der Waals surface area (Å²) in [5.41, 5.74) is 1.60. The monoisotopic (exact) mass is 381 g/mol. The summed E-state index contributed by atoms with van der Waals surface area (Å²) in [5, 5.41) is 14.0. The van der Waals surface area contributed by atoms with Crippen LogP contribution in [0.4, 0.5) is 0 Å². The van der Waals surface area contributed by atoms with Crippen molar-refractivity contribution in [3.05, 3.63) is 71.0 Å². The molecule has 0 spiro atoms. The number of aromatic nitrogens is 3. The van der Waals surface area contributed by atoms with E-state index in [1.165, 1.54) is 0 Å². The molecule has 0 radical (unpaired) electrons. The average molecular weight is 382 g/mol. The van der Waals surface area contributed by atoms with Crippen LogP contribution in [0.15, 0.2) is 54.6 Å². The van der Waals surface area contributed by atoms with Crippen LogP contribution in [0.1, 0.15) is 11.4 Å². The third-order valence-corrected chi connectivity index (χ3v) is 5.10. The van der Waals surface area contributed by atoms with Crippen LogP contribution in [0, 0.1) is 5.41 Å². The molecule has 3 aromatic rings. The van der Waals surface area contributed by atoms with Gasteiger partial charge in [0.2, 0.25) is 5.91 Å². The lowest BCUT2D eigenvalue weighted by Crippen LogP contribution is -2.62. The fourth-order valence-electron chi connectivity index (χ4n) is 3.23. The summed E-state index contributed by atoms with van der Waals surface area (Å²) >= 11 is 5.95. The Bertz CT molecular complexity index is 919. The van der Waals surface area contributed by atoms with Gasteiger partial charge in [-0.2, -0.15) is 5.10 Å². The quantitative estimate of drug-likeness (QED) is 0.613. The van der Waals surface area contributed by atoms with Crippen LogP contribution in [0.3, 0.4) is 0 Å². The first-order valence-corrected chi connectivity index (χ1v) is 9.23. The van der Waals surface area contributed by atoms with Crippen molar-refractivity contribution in [3.63, 3.8) is 0 Å². The van der Waals surface area contributed by atoms with E-state index in [0.717, 1.165) is 11.1 Å². The van der Waals surface area contributed by atoms with E-state index in [4.69, 9.17) is 11.6 Å². The van der Waals surface area contributed by atoms with Crippen LogP contribution in [0.2, 0.25) is 5.02 Å². The Kier molecular flexibility index (Phi) is 4.92. The first kappa shape index (κ1) is 17.7. The number of hydrogen-bond acceptors (Lipinski definition) is 4. The van der Waals surface area contributed by atoms with E-state index < -0.39 is 5.41 Å². The van der Waals surface area contributed by atoms with Gasteiger partial charge < -0.3 is 10.6 Å². The number of carbonyl (C=O) groups is 1. The maximum atomic E-state index is 12.8. The zero-order valence-corrected chi connectivity index (χ0v) is 15.5. The lowest BCUT2D eigenvalue weighted by Gasteiger charge is -2.41. The van der Waals surface area contributed by atoms with E-state index in [1.807, 2.05) is 54.6 Å². The lowest BCUT2D eigenvalue weighted by atomic mass is 9.75. The first-order valence-electron chi connectivity index (χ1n) is 8.85. The van der Waals surface area contributed by atoms with E-state index in [2.05, 4.69) is 25.8 Å². The lowest BCUT2D eigenvalue weighted by molar-refractivity contribution is -0.134. The molecular weight excluding hydrogens is 362 g/mol. The highest BCUT2D eigenvalue weighted by Gasteiger charge is 2.44. The van der Waals surface area contributed by atoms with Crippen LogP contribution in [0.5, 0.6) is 0 Å². The van der Waals surface area contributed by atoms with Crippen molar-refractivity contribution in [3.8, 4) is 11.4 Å². The average Bonchev–Trinajstić information content (AvgIpc) is 3.14. The largest absolute Gasteiger partial charge is 0.348 e. The van der Waals surface area contributed by atoms with Crippen LogP contribution < -0.4 is 10.6 Å². The molecule has 6 nitrogen and oxygen atoms in total. The van der Waals surface area contributed by atoms with E-state index in [9.17, 15) is 4.79 Å². The van der Waals surface area contributed by atoms with Gasteiger partial charge in [-0.05, 0) is 24.1 Å². The second-order valence-electron chi connectivity index (χ2n) is 6.84. The maximum absolute atomic E-state index is 12.8. The number of nitrogens with zero attached hydrogens (tertiary/aromatic N) is 2.